The number of piperidine rings is 1. The standard InChI is InChI=1S/C28H35F3N6O2/c1-19-15-36(13-14-37(19)24(16-39-4)22-5-7-23(8-6-22)28(29,30)31)27(17-32)9-11-35(12-10-27)26(38)25-20(2)33-18-34-21(25)3/h5-8,18-19,24H,9-16H2,1-4H3. The molecule has 3 heterocycles. The Kier molecular flexibility index (Phi) is 8.59. The molecule has 0 N–H and O–H groups in total. The van der Waals surface area contributed by atoms with Gasteiger partial charge in [0.25, 0.3) is 5.91 Å². The molecule has 1 aromatic heterocycles. The van der Waals surface area contributed by atoms with Crippen LogP contribution >= 0.6 is 0 Å². The summed E-state index contributed by atoms with van der Waals surface area (Å²) in [6.07, 6.45) is -1.86. The molecule has 1 amide bonds. The van der Waals surface area contributed by atoms with Gasteiger partial charge in [-0.25, -0.2) is 9.97 Å². The minimum atomic E-state index is -4.38. The zero-order valence-electron chi connectivity index (χ0n) is 22.8. The number of likely N-dealkylation sites (tertiary alicyclic amines) is 1. The molecule has 4 rings (SSSR count). The summed E-state index contributed by atoms with van der Waals surface area (Å²) in [6.45, 7) is 8.86. The second kappa shape index (κ2) is 11.6. The summed E-state index contributed by atoms with van der Waals surface area (Å²) in [7, 11) is 1.59. The molecule has 2 unspecified atom stereocenters. The lowest BCUT2D eigenvalue weighted by atomic mass is 9.85. The number of alkyl halides is 3. The molecule has 0 aliphatic carbocycles. The molecule has 8 nitrogen and oxygen atoms in total. The van der Waals surface area contributed by atoms with Crippen molar-refractivity contribution in [2.45, 2.75) is 57.4 Å². The van der Waals surface area contributed by atoms with Crippen LogP contribution in [0.5, 0.6) is 0 Å². The molecule has 2 saturated heterocycles. The number of aryl methyl sites for hydroxylation is 2. The quantitative estimate of drug-likeness (QED) is 0.543. The molecule has 2 fully saturated rings. The maximum Gasteiger partial charge on any atom is 0.416 e. The van der Waals surface area contributed by atoms with E-state index >= 15 is 0 Å². The van der Waals surface area contributed by atoms with Gasteiger partial charge in [0.1, 0.15) is 11.9 Å². The van der Waals surface area contributed by atoms with Gasteiger partial charge in [-0.2, -0.15) is 18.4 Å². The number of ether oxygens (including phenoxy) is 1. The zero-order valence-corrected chi connectivity index (χ0v) is 22.8. The molecule has 210 valence electrons. The summed E-state index contributed by atoms with van der Waals surface area (Å²) in [5.41, 5.74) is 1.23. The number of carbonyl (C=O) groups excluding carboxylic acids is 1. The number of nitriles is 1. The predicted octanol–water partition coefficient (Wildman–Crippen LogP) is 4.00. The second-order valence-corrected chi connectivity index (χ2v) is 10.5. The van der Waals surface area contributed by atoms with Crippen LogP contribution in [0.2, 0.25) is 0 Å². The van der Waals surface area contributed by atoms with Gasteiger partial charge in [0.2, 0.25) is 0 Å². The van der Waals surface area contributed by atoms with Crippen LogP contribution in [-0.2, 0) is 10.9 Å². The van der Waals surface area contributed by atoms with Crippen molar-refractivity contribution >= 4 is 5.91 Å². The third-order valence-corrected chi connectivity index (χ3v) is 8.16. The zero-order chi connectivity index (χ0) is 28.4. The Balaban J connectivity index is 1.44. The van der Waals surface area contributed by atoms with Gasteiger partial charge in [0, 0.05) is 45.9 Å². The number of halogens is 3. The summed E-state index contributed by atoms with van der Waals surface area (Å²) >= 11 is 0. The molecular weight excluding hydrogens is 509 g/mol. The summed E-state index contributed by atoms with van der Waals surface area (Å²) in [5, 5.41) is 10.3. The van der Waals surface area contributed by atoms with Crippen molar-refractivity contribution in [3.8, 4) is 6.07 Å². The van der Waals surface area contributed by atoms with Crippen molar-refractivity contribution < 1.29 is 22.7 Å². The highest BCUT2D eigenvalue weighted by Gasteiger charge is 2.45. The molecular formula is C28H35F3N6O2. The number of carbonyl (C=O) groups is 1. The van der Waals surface area contributed by atoms with Gasteiger partial charge in [-0.15, -0.1) is 0 Å². The van der Waals surface area contributed by atoms with Crippen molar-refractivity contribution in [3.05, 3.63) is 58.7 Å². The number of hydrogen-bond acceptors (Lipinski definition) is 7. The number of rotatable bonds is 6. The van der Waals surface area contributed by atoms with Crippen LogP contribution < -0.4 is 0 Å². The van der Waals surface area contributed by atoms with Crippen LogP contribution in [0.15, 0.2) is 30.6 Å². The number of hydrogen-bond donors (Lipinski definition) is 0. The van der Waals surface area contributed by atoms with Gasteiger partial charge >= 0.3 is 6.18 Å². The SMILES string of the molecule is COCC(c1ccc(C(F)(F)F)cc1)N1CCN(C2(C#N)CCN(C(=O)c3c(C)ncnc3C)CC2)CC1C. The van der Waals surface area contributed by atoms with Crippen LogP contribution in [0.1, 0.15) is 58.7 Å². The van der Waals surface area contributed by atoms with E-state index in [9.17, 15) is 23.2 Å². The summed E-state index contributed by atoms with van der Waals surface area (Å²) in [5.74, 6) is -0.103. The topological polar surface area (TPSA) is 85.6 Å². The molecule has 2 atom stereocenters. The molecule has 2 aliphatic rings. The molecule has 0 saturated carbocycles. The highest BCUT2D eigenvalue weighted by molar-refractivity contribution is 5.96. The lowest BCUT2D eigenvalue weighted by molar-refractivity contribution is -0.137. The largest absolute Gasteiger partial charge is 0.416 e. The number of methoxy groups -OCH3 is 1. The predicted molar refractivity (Wildman–Crippen MR) is 139 cm³/mol. The van der Waals surface area contributed by atoms with E-state index in [0.29, 0.717) is 69.1 Å². The molecule has 0 spiro atoms. The third kappa shape index (κ3) is 5.93. The Bertz CT molecular complexity index is 1190. The highest BCUT2D eigenvalue weighted by atomic mass is 19.4. The fourth-order valence-corrected chi connectivity index (χ4v) is 5.90. The maximum atomic E-state index is 13.2. The van der Waals surface area contributed by atoms with Gasteiger partial charge in [0.15, 0.2) is 0 Å². The molecule has 11 heteroatoms. The van der Waals surface area contributed by atoms with E-state index in [1.165, 1.54) is 18.5 Å². The second-order valence-electron chi connectivity index (χ2n) is 10.5. The number of amides is 1. The van der Waals surface area contributed by atoms with Crippen LogP contribution in [0, 0.1) is 25.2 Å². The Morgan fingerprint density at radius 3 is 2.26 bits per heavy atom. The number of benzene rings is 1. The number of piperazine rings is 1. The Labute approximate surface area is 227 Å². The fourth-order valence-electron chi connectivity index (χ4n) is 5.90. The van der Waals surface area contributed by atoms with E-state index in [1.807, 2.05) is 0 Å². The van der Waals surface area contributed by atoms with Crippen molar-refractivity contribution in [3.63, 3.8) is 0 Å². The molecule has 39 heavy (non-hydrogen) atoms. The van der Waals surface area contributed by atoms with Gasteiger partial charge in [0.05, 0.1) is 41.2 Å². The summed E-state index contributed by atoms with van der Waals surface area (Å²) in [6, 6.07) is 7.68. The average molecular weight is 545 g/mol. The lowest BCUT2D eigenvalue weighted by Gasteiger charge is -2.51. The Hall–Kier alpha value is -3.07. The first-order valence-corrected chi connectivity index (χ1v) is 13.2. The maximum absolute atomic E-state index is 13.2. The smallest absolute Gasteiger partial charge is 0.383 e. The van der Waals surface area contributed by atoms with E-state index in [0.717, 1.165) is 17.7 Å². The third-order valence-electron chi connectivity index (χ3n) is 8.16. The monoisotopic (exact) mass is 544 g/mol. The first-order chi connectivity index (χ1) is 18.5. The van der Waals surface area contributed by atoms with Gasteiger partial charge in [-0.05, 0) is 51.3 Å². The van der Waals surface area contributed by atoms with E-state index in [2.05, 4.69) is 32.8 Å². The van der Waals surface area contributed by atoms with Crippen molar-refractivity contribution in [2.24, 2.45) is 0 Å². The minimum Gasteiger partial charge on any atom is -0.383 e. The van der Waals surface area contributed by atoms with Crippen LogP contribution in [0.4, 0.5) is 13.2 Å². The van der Waals surface area contributed by atoms with Crippen LogP contribution in [0.25, 0.3) is 0 Å². The highest BCUT2D eigenvalue weighted by Crippen LogP contribution is 2.35. The van der Waals surface area contributed by atoms with Gasteiger partial charge in [-0.3, -0.25) is 14.6 Å². The van der Waals surface area contributed by atoms with E-state index in [1.54, 1.807) is 25.9 Å². The normalized spacial score (nSPS) is 21.4. The van der Waals surface area contributed by atoms with E-state index < -0.39 is 17.3 Å². The minimum absolute atomic E-state index is 0.0397. The first-order valence-electron chi connectivity index (χ1n) is 13.2. The summed E-state index contributed by atoms with van der Waals surface area (Å²) < 4.78 is 44.7. The van der Waals surface area contributed by atoms with Crippen LogP contribution in [0.3, 0.4) is 0 Å². The average Bonchev–Trinajstić information content (AvgIpc) is 2.91. The molecule has 1 aromatic carbocycles. The first kappa shape index (κ1) is 28.9. The van der Waals surface area contributed by atoms with Gasteiger partial charge < -0.3 is 9.64 Å². The van der Waals surface area contributed by atoms with Crippen molar-refractivity contribution in [1.82, 2.24) is 24.7 Å². The number of nitrogens with zero attached hydrogens (tertiary/aromatic N) is 6. The molecule has 2 aliphatic heterocycles. The number of aromatic nitrogens is 2. The summed E-state index contributed by atoms with van der Waals surface area (Å²) in [4.78, 5) is 27.8. The molecule has 0 bridgehead atoms. The van der Waals surface area contributed by atoms with Crippen molar-refractivity contribution in [1.29, 1.82) is 5.26 Å². The molecule has 2 aromatic rings. The van der Waals surface area contributed by atoms with Crippen LogP contribution in [-0.4, -0.2) is 88.6 Å². The Morgan fingerprint density at radius 1 is 1.13 bits per heavy atom. The Morgan fingerprint density at radius 2 is 1.74 bits per heavy atom. The fraction of sp³-hybridized carbons (Fsp3) is 0.571. The van der Waals surface area contributed by atoms with E-state index in [4.69, 9.17) is 4.74 Å². The molecule has 0 radical (unpaired) electrons. The lowest BCUT2D eigenvalue weighted by Crippen LogP contribution is -2.63. The van der Waals surface area contributed by atoms with Gasteiger partial charge in [-0.1, -0.05) is 12.1 Å². The van der Waals surface area contributed by atoms with Crippen molar-refractivity contribution in [2.75, 3.05) is 46.4 Å². The van der Waals surface area contributed by atoms with E-state index in [-0.39, 0.29) is 18.0 Å².